The van der Waals surface area contributed by atoms with Crippen molar-refractivity contribution in [3.8, 4) is 6.07 Å². The fourth-order valence-corrected chi connectivity index (χ4v) is 2.95. The van der Waals surface area contributed by atoms with Gasteiger partial charge in [0.15, 0.2) is 11.5 Å². The number of imidazole rings is 1. The fourth-order valence-electron chi connectivity index (χ4n) is 2.95. The van der Waals surface area contributed by atoms with Gasteiger partial charge in [0.2, 0.25) is 0 Å². The summed E-state index contributed by atoms with van der Waals surface area (Å²) in [5, 5.41) is 9.61. The van der Waals surface area contributed by atoms with Crippen molar-refractivity contribution < 1.29 is 0 Å². The van der Waals surface area contributed by atoms with Gasteiger partial charge >= 0.3 is 0 Å². The number of pyridine rings is 1. The molecule has 0 bridgehead atoms. The van der Waals surface area contributed by atoms with Crippen molar-refractivity contribution in [1.29, 1.82) is 5.26 Å². The number of nitriles is 1. The molecular weight excluding hydrogens is 310 g/mol. The van der Waals surface area contributed by atoms with Gasteiger partial charge in [-0.2, -0.15) is 5.26 Å². The maximum Gasteiger partial charge on any atom is 0.178 e. The molecule has 0 fully saturated rings. The maximum atomic E-state index is 9.61. The van der Waals surface area contributed by atoms with Crippen molar-refractivity contribution in [2.75, 3.05) is 18.0 Å². The molecule has 0 aliphatic carbocycles. The Bertz CT molecular complexity index is 940. The first kappa shape index (κ1) is 16.7. The molecule has 0 atom stereocenters. The summed E-state index contributed by atoms with van der Waals surface area (Å²) in [5.74, 6) is 0.629. The number of rotatable bonds is 5. The number of aryl methyl sites for hydroxylation is 1. The minimum absolute atomic E-state index is 0.524. The van der Waals surface area contributed by atoms with Gasteiger partial charge in [-0.3, -0.25) is 0 Å². The van der Waals surface area contributed by atoms with Crippen LogP contribution in [0.15, 0.2) is 42.6 Å². The molecule has 0 radical (unpaired) electrons. The summed E-state index contributed by atoms with van der Waals surface area (Å²) in [6.45, 7) is 6.24. The summed E-state index contributed by atoms with van der Waals surface area (Å²) in [6, 6.07) is 14.3. The van der Waals surface area contributed by atoms with Crippen molar-refractivity contribution in [3.05, 3.63) is 54.0 Å². The van der Waals surface area contributed by atoms with Gasteiger partial charge in [-0.25, -0.2) is 9.97 Å². The second kappa shape index (κ2) is 7.18. The molecule has 2 aromatic heterocycles. The molecule has 5 nitrogen and oxygen atoms in total. The zero-order chi connectivity index (χ0) is 17.8. The van der Waals surface area contributed by atoms with Gasteiger partial charge in [-0.05, 0) is 49.8 Å². The topological polar surface area (TPSA) is 57.7 Å². The van der Waals surface area contributed by atoms with E-state index in [1.165, 1.54) is 5.69 Å². The summed E-state index contributed by atoms with van der Waals surface area (Å²) < 4.78 is 1.90. The molecule has 0 spiro atoms. The van der Waals surface area contributed by atoms with E-state index in [9.17, 15) is 5.26 Å². The molecule has 0 unspecified atom stereocenters. The van der Waals surface area contributed by atoms with Gasteiger partial charge in [0, 0.05) is 32.0 Å². The van der Waals surface area contributed by atoms with E-state index in [-0.39, 0.29) is 0 Å². The summed E-state index contributed by atoms with van der Waals surface area (Å²) >= 11 is 0. The first-order chi connectivity index (χ1) is 12.2. The van der Waals surface area contributed by atoms with E-state index in [1.54, 1.807) is 6.20 Å². The molecule has 0 aliphatic rings. The number of hydrogen-bond acceptors (Lipinski definition) is 4. The van der Waals surface area contributed by atoms with Crippen LogP contribution in [-0.4, -0.2) is 27.6 Å². The van der Waals surface area contributed by atoms with E-state index in [0.717, 1.165) is 24.2 Å². The number of anilines is 1. The first-order valence-electron chi connectivity index (χ1n) is 8.42. The fraction of sp³-hybridized carbons (Fsp3) is 0.250. The second-order valence-electron chi connectivity index (χ2n) is 5.77. The Labute approximate surface area is 147 Å². The van der Waals surface area contributed by atoms with Crippen LogP contribution >= 0.6 is 0 Å². The zero-order valence-corrected chi connectivity index (χ0v) is 14.8. The van der Waals surface area contributed by atoms with Gasteiger partial charge < -0.3 is 9.47 Å². The molecule has 0 saturated heterocycles. The Kier molecular flexibility index (Phi) is 4.80. The molecule has 3 rings (SSSR count). The zero-order valence-electron chi connectivity index (χ0n) is 14.8. The third kappa shape index (κ3) is 3.24. The highest BCUT2D eigenvalue weighted by molar-refractivity contribution is 5.90. The molecule has 1 aromatic carbocycles. The summed E-state index contributed by atoms with van der Waals surface area (Å²) in [4.78, 5) is 11.1. The van der Waals surface area contributed by atoms with Gasteiger partial charge in [0.1, 0.15) is 6.07 Å². The molecular formula is C20H21N5. The standard InChI is InChI=1S/C20H21N5/c1-4-25(5-2)17-10-8-15(9-11-17)13-16(14-21)20-23-19-18(24(20)3)7-6-12-22-19/h6-13H,4-5H2,1-3H3/b16-13+. The second-order valence-corrected chi connectivity index (χ2v) is 5.77. The number of hydrogen-bond donors (Lipinski definition) is 0. The summed E-state index contributed by atoms with van der Waals surface area (Å²) in [7, 11) is 1.90. The minimum Gasteiger partial charge on any atom is -0.372 e. The van der Waals surface area contributed by atoms with Crippen LogP contribution < -0.4 is 4.90 Å². The van der Waals surface area contributed by atoms with Crippen molar-refractivity contribution in [2.45, 2.75) is 13.8 Å². The van der Waals surface area contributed by atoms with Crippen molar-refractivity contribution in [3.63, 3.8) is 0 Å². The SMILES string of the molecule is CCN(CC)c1ccc(/C=C(\C#N)c2nc3ncccc3n2C)cc1. The van der Waals surface area contributed by atoms with E-state index in [2.05, 4.69) is 46.9 Å². The predicted octanol–water partition coefficient (Wildman–Crippen LogP) is 3.88. The van der Waals surface area contributed by atoms with E-state index in [4.69, 9.17) is 0 Å². The number of allylic oxidation sites excluding steroid dienone is 1. The van der Waals surface area contributed by atoms with E-state index in [1.807, 2.05) is 42.0 Å². The normalized spacial score (nSPS) is 11.5. The number of fused-ring (bicyclic) bond motifs is 1. The summed E-state index contributed by atoms with van der Waals surface area (Å²) in [5.41, 5.74) is 4.25. The van der Waals surface area contributed by atoms with Crippen LogP contribution in [0, 0.1) is 11.3 Å². The maximum absolute atomic E-state index is 9.61. The van der Waals surface area contributed by atoms with Crippen LogP contribution in [0.5, 0.6) is 0 Å². The van der Waals surface area contributed by atoms with Gasteiger partial charge in [0.25, 0.3) is 0 Å². The number of aromatic nitrogens is 3. The van der Waals surface area contributed by atoms with E-state index in [0.29, 0.717) is 17.0 Å². The highest BCUT2D eigenvalue weighted by Crippen LogP contribution is 2.22. The highest BCUT2D eigenvalue weighted by atomic mass is 15.1. The van der Waals surface area contributed by atoms with Crippen LogP contribution in [0.4, 0.5) is 5.69 Å². The van der Waals surface area contributed by atoms with Crippen LogP contribution in [-0.2, 0) is 7.05 Å². The molecule has 5 heteroatoms. The molecule has 25 heavy (non-hydrogen) atoms. The Morgan fingerprint density at radius 3 is 2.52 bits per heavy atom. The molecule has 126 valence electrons. The summed E-state index contributed by atoms with van der Waals surface area (Å²) in [6.07, 6.45) is 3.58. The first-order valence-corrected chi connectivity index (χ1v) is 8.42. The third-order valence-electron chi connectivity index (χ3n) is 4.35. The van der Waals surface area contributed by atoms with Crippen molar-refractivity contribution in [2.24, 2.45) is 7.05 Å². The van der Waals surface area contributed by atoms with Crippen molar-refractivity contribution in [1.82, 2.24) is 14.5 Å². The quantitative estimate of drug-likeness (QED) is 0.666. The Hall–Kier alpha value is -3.13. The van der Waals surface area contributed by atoms with E-state index >= 15 is 0 Å². The van der Waals surface area contributed by atoms with Gasteiger partial charge in [-0.15, -0.1) is 0 Å². The molecule has 0 aliphatic heterocycles. The Balaban J connectivity index is 1.97. The van der Waals surface area contributed by atoms with E-state index < -0.39 is 0 Å². The molecule has 0 N–H and O–H groups in total. The van der Waals surface area contributed by atoms with Crippen LogP contribution in [0.3, 0.4) is 0 Å². The Morgan fingerprint density at radius 1 is 1.20 bits per heavy atom. The molecule has 2 heterocycles. The molecule has 0 saturated carbocycles. The number of nitrogens with zero attached hydrogens (tertiary/aromatic N) is 5. The van der Waals surface area contributed by atoms with Crippen LogP contribution in [0.1, 0.15) is 25.2 Å². The van der Waals surface area contributed by atoms with Gasteiger partial charge in [-0.1, -0.05) is 12.1 Å². The lowest BCUT2D eigenvalue weighted by Crippen LogP contribution is -2.21. The smallest absolute Gasteiger partial charge is 0.178 e. The average Bonchev–Trinajstić information content (AvgIpc) is 2.99. The predicted molar refractivity (Wildman–Crippen MR) is 102 cm³/mol. The lowest BCUT2D eigenvalue weighted by Gasteiger charge is -2.20. The lowest BCUT2D eigenvalue weighted by atomic mass is 10.1. The average molecular weight is 331 g/mol. The minimum atomic E-state index is 0.524. The molecule has 3 aromatic rings. The van der Waals surface area contributed by atoms with Crippen molar-refractivity contribution >= 4 is 28.5 Å². The van der Waals surface area contributed by atoms with Gasteiger partial charge in [0.05, 0.1) is 11.1 Å². The largest absolute Gasteiger partial charge is 0.372 e. The monoisotopic (exact) mass is 331 g/mol. The lowest BCUT2D eigenvalue weighted by molar-refractivity contribution is 0.866. The number of benzene rings is 1. The highest BCUT2D eigenvalue weighted by Gasteiger charge is 2.12. The molecule has 0 amide bonds. The van der Waals surface area contributed by atoms with Crippen LogP contribution in [0.25, 0.3) is 22.8 Å². The Morgan fingerprint density at radius 2 is 1.92 bits per heavy atom. The third-order valence-corrected chi connectivity index (χ3v) is 4.35. The van der Waals surface area contributed by atoms with Crippen LogP contribution in [0.2, 0.25) is 0 Å².